The van der Waals surface area contributed by atoms with Crippen molar-refractivity contribution >= 4 is 44.0 Å². The van der Waals surface area contributed by atoms with Gasteiger partial charge in [0, 0.05) is 26.1 Å². The number of nitrogens with zero attached hydrogens (tertiary/aromatic N) is 3. The molecule has 2 aliphatic rings. The van der Waals surface area contributed by atoms with Crippen molar-refractivity contribution < 1.29 is 27.9 Å². The maximum absolute atomic E-state index is 13.0. The van der Waals surface area contributed by atoms with Crippen molar-refractivity contribution in [3.8, 4) is 0 Å². The second kappa shape index (κ2) is 8.96. The van der Waals surface area contributed by atoms with Crippen LogP contribution in [0.1, 0.15) is 19.3 Å². The third kappa shape index (κ3) is 4.48. The van der Waals surface area contributed by atoms with Gasteiger partial charge in [-0.1, -0.05) is 0 Å². The number of carbonyl (C=O) groups is 2. The molecule has 2 aromatic rings. The van der Waals surface area contributed by atoms with Gasteiger partial charge in [0.1, 0.15) is 6.10 Å². The Morgan fingerprint density at radius 3 is 2.67 bits per heavy atom. The lowest BCUT2D eigenvalue weighted by Gasteiger charge is -2.35. The number of ether oxygens (including phenoxy) is 1. The lowest BCUT2D eigenvalue weighted by Crippen LogP contribution is -2.45. The average molecular weight is 456 g/mol. The van der Waals surface area contributed by atoms with E-state index >= 15 is 0 Å². The molecule has 2 aliphatic heterocycles. The van der Waals surface area contributed by atoms with E-state index in [4.69, 9.17) is 14.6 Å². The van der Waals surface area contributed by atoms with E-state index in [1.165, 1.54) is 15.6 Å². The highest BCUT2D eigenvalue weighted by Gasteiger charge is 2.51. The van der Waals surface area contributed by atoms with Gasteiger partial charge in [-0.2, -0.15) is 4.31 Å². The van der Waals surface area contributed by atoms with Crippen LogP contribution in [-0.2, 0) is 24.3 Å². The molecule has 11 heteroatoms. The molecule has 1 aromatic carbocycles. The molecule has 0 aliphatic carbocycles. The Morgan fingerprint density at radius 2 is 2.03 bits per heavy atom. The summed E-state index contributed by atoms with van der Waals surface area (Å²) in [5, 5.41) is 6.89. The van der Waals surface area contributed by atoms with Crippen LogP contribution in [0.4, 0.5) is 0 Å². The van der Waals surface area contributed by atoms with Gasteiger partial charge in [-0.25, -0.2) is 13.4 Å². The first-order valence-electron chi connectivity index (χ1n) is 9.49. The van der Waals surface area contributed by atoms with Crippen molar-refractivity contribution in [1.82, 2.24) is 14.2 Å². The van der Waals surface area contributed by atoms with E-state index in [-0.39, 0.29) is 23.4 Å². The predicted octanol–water partition coefficient (Wildman–Crippen LogP) is 1.65. The Hall–Kier alpha value is -2.08. The van der Waals surface area contributed by atoms with E-state index in [1.807, 2.05) is 19.0 Å². The highest BCUT2D eigenvalue weighted by atomic mass is 32.2. The van der Waals surface area contributed by atoms with Crippen LogP contribution in [0.3, 0.4) is 0 Å². The van der Waals surface area contributed by atoms with Crippen molar-refractivity contribution in [1.29, 1.82) is 0 Å². The van der Waals surface area contributed by atoms with E-state index in [9.17, 15) is 13.2 Å². The topological polar surface area (TPSA) is 117 Å². The fraction of sp³-hybridized carbons (Fsp3) is 0.526. The second-order valence-corrected chi connectivity index (χ2v) is 10.6. The molecular formula is C19H25N3O6S2. The van der Waals surface area contributed by atoms with E-state index in [0.29, 0.717) is 38.9 Å². The lowest BCUT2D eigenvalue weighted by atomic mass is 9.76. The number of carboxylic acid groups (broad SMARTS) is 1. The van der Waals surface area contributed by atoms with Crippen LogP contribution in [0.15, 0.2) is 28.6 Å². The number of esters is 1. The average Bonchev–Trinajstić information content (AvgIpc) is 3.26. The van der Waals surface area contributed by atoms with Crippen LogP contribution in [0.25, 0.3) is 10.2 Å². The SMILES string of the molecule is CN(C)CC1CC2(CCN(S(=O)(=O)c3ccc4ncsc4c3)CC2)C(=O)O1.O=CO. The molecule has 0 amide bonds. The Morgan fingerprint density at radius 1 is 1.37 bits per heavy atom. The number of cyclic esters (lactones) is 1. The number of aromatic nitrogens is 1. The highest BCUT2D eigenvalue weighted by Crippen LogP contribution is 2.44. The van der Waals surface area contributed by atoms with E-state index in [2.05, 4.69) is 4.98 Å². The number of hydrogen-bond acceptors (Lipinski definition) is 8. The molecule has 1 spiro atoms. The van der Waals surface area contributed by atoms with Crippen molar-refractivity contribution in [3.05, 3.63) is 23.7 Å². The van der Waals surface area contributed by atoms with Crippen LogP contribution < -0.4 is 0 Å². The molecule has 4 rings (SSSR count). The molecule has 0 bridgehead atoms. The molecule has 164 valence electrons. The Labute approximate surface area is 179 Å². The number of hydrogen-bond donors (Lipinski definition) is 1. The number of carbonyl (C=O) groups excluding carboxylic acids is 1. The Bertz CT molecular complexity index is 1010. The van der Waals surface area contributed by atoms with E-state index in [0.717, 1.165) is 10.2 Å². The number of likely N-dealkylation sites (N-methyl/N-ethyl adjacent to an activating group) is 1. The van der Waals surface area contributed by atoms with E-state index in [1.54, 1.807) is 23.7 Å². The third-order valence-corrected chi connectivity index (χ3v) is 8.20. The molecular weight excluding hydrogens is 430 g/mol. The number of rotatable bonds is 4. The van der Waals surface area contributed by atoms with Crippen LogP contribution >= 0.6 is 11.3 Å². The molecule has 30 heavy (non-hydrogen) atoms. The van der Waals surface area contributed by atoms with Gasteiger partial charge < -0.3 is 14.7 Å². The first-order valence-corrected chi connectivity index (χ1v) is 11.8. The predicted molar refractivity (Wildman–Crippen MR) is 112 cm³/mol. The molecule has 1 atom stereocenters. The van der Waals surface area contributed by atoms with Gasteiger partial charge in [0.2, 0.25) is 10.0 Å². The van der Waals surface area contributed by atoms with Gasteiger partial charge in [-0.3, -0.25) is 9.59 Å². The summed E-state index contributed by atoms with van der Waals surface area (Å²) in [4.78, 5) is 27.3. The number of fused-ring (bicyclic) bond motifs is 1. The molecule has 2 fully saturated rings. The molecule has 0 saturated carbocycles. The summed E-state index contributed by atoms with van der Waals surface area (Å²) in [5.74, 6) is -0.169. The number of benzene rings is 1. The van der Waals surface area contributed by atoms with Gasteiger partial charge in [-0.05, 0) is 45.1 Å². The molecule has 1 N–H and O–H groups in total. The Balaban J connectivity index is 0.000000806. The van der Waals surface area contributed by atoms with Gasteiger partial charge in [0.25, 0.3) is 6.47 Å². The minimum Gasteiger partial charge on any atom is -0.483 e. The van der Waals surface area contributed by atoms with Crippen molar-refractivity contribution in [2.45, 2.75) is 30.3 Å². The van der Waals surface area contributed by atoms with Crippen LogP contribution in [0.5, 0.6) is 0 Å². The standard InChI is InChI=1S/C18H23N3O4S2.CH2O2/c1-20(2)11-13-10-18(17(22)25-13)5-7-21(8-6-18)27(23,24)14-3-4-15-16(9-14)26-12-19-15;2-1-3/h3-4,9,12-13H,5-8,10-11H2,1-2H3;1H,(H,2,3). The van der Waals surface area contributed by atoms with Crippen molar-refractivity contribution in [2.24, 2.45) is 5.41 Å². The van der Waals surface area contributed by atoms with Crippen LogP contribution in [-0.4, -0.2) is 80.0 Å². The van der Waals surface area contributed by atoms with Crippen LogP contribution in [0, 0.1) is 5.41 Å². The fourth-order valence-corrected chi connectivity index (χ4v) is 6.31. The number of thiazole rings is 1. The van der Waals surface area contributed by atoms with Crippen molar-refractivity contribution in [2.75, 3.05) is 33.7 Å². The number of piperidine rings is 1. The normalized spacial score (nSPS) is 21.4. The summed E-state index contributed by atoms with van der Waals surface area (Å²) in [7, 11) is 0.329. The molecule has 0 radical (unpaired) electrons. The summed E-state index contributed by atoms with van der Waals surface area (Å²) in [6, 6.07) is 5.03. The Kier molecular flexibility index (Phi) is 6.75. The summed E-state index contributed by atoms with van der Waals surface area (Å²) in [5.41, 5.74) is 1.98. The third-order valence-electron chi connectivity index (χ3n) is 5.51. The quantitative estimate of drug-likeness (QED) is 0.546. The molecule has 3 heterocycles. The summed E-state index contributed by atoms with van der Waals surface area (Å²) >= 11 is 1.43. The van der Waals surface area contributed by atoms with Crippen molar-refractivity contribution in [3.63, 3.8) is 0 Å². The van der Waals surface area contributed by atoms with Gasteiger partial charge in [0.05, 0.1) is 26.0 Å². The maximum Gasteiger partial charge on any atom is 0.312 e. The summed E-state index contributed by atoms with van der Waals surface area (Å²) in [6.07, 6.45) is 1.59. The maximum atomic E-state index is 13.0. The first-order chi connectivity index (χ1) is 14.2. The summed E-state index contributed by atoms with van der Waals surface area (Å²) < 4.78 is 34.0. The number of sulfonamides is 1. The highest BCUT2D eigenvalue weighted by molar-refractivity contribution is 7.89. The molecule has 2 saturated heterocycles. The minimum absolute atomic E-state index is 0.107. The zero-order valence-electron chi connectivity index (χ0n) is 16.9. The molecule has 1 aromatic heterocycles. The van der Waals surface area contributed by atoms with Crippen LogP contribution in [0.2, 0.25) is 0 Å². The first kappa shape index (κ1) is 22.6. The molecule has 1 unspecified atom stereocenters. The van der Waals surface area contributed by atoms with Gasteiger partial charge in [0.15, 0.2) is 0 Å². The largest absolute Gasteiger partial charge is 0.483 e. The monoisotopic (exact) mass is 455 g/mol. The molecule has 9 nitrogen and oxygen atoms in total. The summed E-state index contributed by atoms with van der Waals surface area (Å²) in [6.45, 7) is 1.13. The smallest absolute Gasteiger partial charge is 0.312 e. The zero-order valence-corrected chi connectivity index (χ0v) is 18.5. The fourth-order valence-electron chi connectivity index (χ4n) is 4.05. The van der Waals surface area contributed by atoms with E-state index < -0.39 is 15.4 Å². The second-order valence-electron chi connectivity index (χ2n) is 7.77. The van der Waals surface area contributed by atoms with Gasteiger partial charge >= 0.3 is 5.97 Å². The minimum atomic E-state index is -3.58. The lowest BCUT2D eigenvalue weighted by molar-refractivity contribution is -0.150. The van der Waals surface area contributed by atoms with Gasteiger partial charge in [-0.15, -0.1) is 11.3 Å². The zero-order chi connectivity index (χ0) is 21.9.